The number of methoxy groups -OCH3 is 1. The van der Waals surface area contributed by atoms with Crippen molar-refractivity contribution in [2.45, 2.75) is 30.4 Å². The number of thioether (sulfide) groups is 1. The van der Waals surface area contributed by atoms with Crippen LogP contribution in [0.4, 0.5) is 10.1 Å². The lowest BCUT2D eigenvalue weighted by Gasteiger charge is -2.18. The van der Waals surface area contributed by atoms with Crippen LogP contribution >= 0.6 is 23.4 Å². The summed E-state index contributed by atoms with van der Waals surface area (Å²) in [5.74, 6) is 1.05. The van der Waals surface area contributed by atoms with Crippen LogP contribution in [-0.2, 0) is 4.79 Å². The summed E-state index contributed by atoms with van der Waals surface area (Å²) in [4.78, 5) is 12.8. The van der Waals surface area contributed by atoms with Gasteiger partial charge in [-0.05, 0) is 56.3 Å². The Bertz CT molecular complexity index is 1350. The van der Waals surface area contributed by atoms with E-state index in [1.165, 1.54) is 30.0 Å². The van der Waals surface area contributed by atoms with Gasteiger partial charge in [0.15, 0.2) is 17.1 Å². The van der Waals surface area contributed by atoms with E-state index in [1.54, 1.807) is 20.1 Å². The molecule has 1 aromatic heterocycles. The van der Waals surface area contributed by atoms with Gasteiger partial charge in [0, 0.05) is 17.4 Å². The van der Waals surface area contributed by atoms with E-state index in [1.807, 2.05) is 60.0 Å². The predicted molar refractivity (Wildman–Crippen MR) is 139 cm³/mol. The van der Waals surface area contributed by atoms with Crippen LogP contribution in [0.25, 0.3) is 5.69 Å². The van der Waals surface area contributed by atoms with Gasteiger partial charge in [0.25, 0.3) is 0 Å². The van der Waals surface area contributed by atoms with Gasteiger partial charge in [-0.1, -0.05) is 47.6 Å². The van der Waals surface area contributed by atoms with Gasteiger partial charge in [-0.15, -0.1) is 10.2 Å². The summed E-state index contributed by atoms with van der Waals surface area (Å²) in [6, 6.07) is 21.0. The molecule has 0 aliphatic rings. The maximum absolute atomic E-state index is 13.4. The highest BCUT2D eigenvalue weighted by atomic mass is 35.5. The van der Waals surface area contributed by atoms with E-state index in [4.69, 9.17) is 21.1 Å². The summed E-state index contributed by atoms with van der Waals surface area (Å²) in [7, 11) is 1.60. The summed E-state index contributed by atoms with van der Waals surface area (Å²) in [5.41, 5.74) is 1.24. The first-order valence-corrected chi connectivity index (χ1v) is 12.4. The third kappa shape index (κ3) is 5.98. The number of carbonyl (C=O) groups excluding carboxylic acids is 1. The fourth-order valence-corrected chi connectivity index (χ4v) is 4.46. The van der Waals surface area contributed by atoms with Crippen LogP contribution < -0.4 is 14.8 Å². The van der Waals surface area contributed by atoms with Gasteiger partial charge in [-0.3, -0.25) is 9.36 Å². The minimum absolute atomic E-state index is 0.0633. The number of halogens is 2. The first-order chi connectivity index (χ1) is 17.4. The van der Waals surface area contributed by atoms with E-state index in [2.05, 4.69) is 15.5 Å². The Labute approximate surface area is 217 Å². The van der Waals surface area contributed by atoms with Crippen molar-refractivity contribution in [2.24, 2.45) is 0 Å². The number of carbonyl (C=O) groups is 1. The van der Waals surface area contributed by atoms with Gasteiger partial charge in [-0.2, -0.15) is 0 Å². The lowest BCUT2D eigenvalue weighted by molar-refractivity contribution is -0.115. The van der Waals surface area contributed by atoms with E-state index in [-0.39, 0.29) is 10.9 Å². The zero-order chi connectivity index (χ0) is 25.7. The monoisotopic (exact) mass is 526 g/mol. The molecule has 1 heterocycles. The number of aromatic nitrogens is 3. The van der Waals surface area contributed by atoms with Crippen molar-refractivity contribution in [1.29, 1.82) is 0 Å². The average molecular weight is 527 g/mol. The van der Waals surface area contributed by atoms with E-state index in [9.17, 15) is 9.18 Å². The molecule has 0 fully saturated rings. The molecule has 3 aromatic carbocycles. The summed E-state index contributed by atoms with van der Waals surface area (Å²) >= 11 is 7.08. The molecule has 4 rings (SSSR count). The van der Waals surface area contributed by atoms with Crippen molar-refractivity contribution in [1.82, 2.24) is 14.8 Å². The summed E-state index contributed by atoms with van der Waals surface area (Å²) in [6.45, 7) is 3.64. The maximum atomic E-state index is 13.4. The Morgan fingerprint density at radius 1 is 1.03 bits per heavy atom. The Morgan fingerprint density at radius 2 is 1.78 bits per heavy atom. The molecular weight excluding hydrogens is 503 g/mol. The molecule has 4 aromatic rings. The summed E-state index contributed by atoms with van der Waals surface area (Å²) in [6.07, 6.45) is -0.454. The van der Waals surface area contributed by atoms with Crippen molar-refractivity contribution in [3.63, 3.8) is 0 Å². The molecule has 0 saturated heterocycles. The number of hydrogen-bond donors (Lipinski definition) is 1. The van der Waals surface area contributed by atoms with Crippen molar-refractivity contribution < 1.29 is 18.7 Å². The van der Waals surface area contributed by atoms with Crippen LogP contribution in [0.2, 0.25) is 5.02 Å². The fourth-order valence-electron chi connectivity index (χ4n) is 3.40. The third-order valence-electron chi connectivity index (χ3n) is 5.23. The lowest BCUT2D eigenvalue weighted by Crippen LogP contribution is -2.23. The molecule has 0 bridgehead atoms. The zero-order valence-corrected chi connectivity index (χ0v) is 21.4. The summed E-state index contributed by atoms with van der Waals surface area (Å²) in [5, 5.41) is 11.4. The standard InChI is InChI=1S/C26H24ClFN4O3S/c1-16(35-21-11-7-10-20(15-21)34-3)24-30-31-26(32(24)19-8-5-4-6-9-19)36-17(2)25(33)29-18-12-13-23(28)22(27)14-18/h4-17H,1-3H3,(H,29,33). The lowest BCUT2D eigenvalue weighted by atomic mass is 10.3. The first kappa shape index (κ1) is 25.5. The molecule has 2 atom stereocenters. The molecule has 0 spiro atoms. The molecule has 1 amide bonds. The minimum atomic E-state index is -0.550. The highest BCUT2D eigenvalue weighted by Crippen LogP contribution is 2.31. The molecule has 0 aliphatic heterocycles. The molecular formula is C26H24ClFN4O3S. The topological polar surface area (TPSA) is 78.3 Å². The highest BCUT2D eigenvalue weighted by Gasteiger charge is 2.24. The van der Waals surface area contributed by atoms with Gasteiger partial charge in [-0.25, -0.2) is 4.39 Å². The third-order valence-corrected chi connectivity index (χ3v) is 6.56. The van der Waals surface area contributed by atoms with Crippen molar-refractivity contribution in [2.75, 3.05) is 12.4 Å². The number of rotatable bonds is 9. The maximum Gasteiger partial charge on any atom is 0.237 e. The van der Waals surface area contributed by atoms with Crippen LogP contribution in [0.5, 0.6) is 11.5 Å². The molecule has 0 radical (unpaired) electrons. The number of anilines is 1. The Balaban J connectivity index is 1.57. The van der Waals surface area contributed by atoms with Gasteiger partial charge in [0.2, 0.25) is 5.91 Å². The van der Waals surface area contributed by atoms with E-state index in [0.717, 1.165) is 5.69 Å². The number of benzene rings is 3. The molecule has 0 aliphatic carbocycles. The Morgan fingerprint density at radius 3 is 2.50 bits per heavy atom. The van der Waals surface area contributed by atoms with Crippen molar-refractivity contribution in [3.05, 3.63) is 89.5 Å². The second kappa shape index (κ2) is 11.5. The molecule has 0 saturated carbocycles. The number of nitrogens with one attached hydrogen (secondary N) is 1. The van der Waals surface area contributed by atoms with Crippen LogP contribution in [0.1, 0.15) is 25.8 Å². The van der Waals surface area contributed by atoms with Gasteiger partial charge in [0.05, 0.1) is 17.4 Å². The molecule has 186 valence electrons. The number of para-hydroxylation sites is 1. The second-order valence-electron chi connectivity index (χ2n) is 7.83. The minimum Gasteiger partial charge on any atom is -0.497 e. The molecule has 2 unspecified atom stereocenters. The predicted octanol–water partition coefficient (Wildman–Crippen LogP) is 6.33. The SMILES string of the molecule is COc1cccc(OC(C)c2nnc(SC(C)C(=O)Nc3ccc(F)c(Cl)c3)n2-c2ccccc2)c1. The Hall–Kier alpha value is -3.56. The van der Waals surface area contributed by atoms with Gasteiger partial charge < -0.3 is 14.8 Å². The number of ether oxygens (including phenoxy) is 2. The van der Waals surface area contributed by atoms with E-state index >= 15 is 0 Å². The number of nitrogens with zero attached hydrogens (tertiary/aromatic N) is 3. The van der Waals surface area contributed by atoms with E-state index < -0.39 is 17.2 Å². The molecule has 1 N–H and O–H groups in total. The van der Waals surface area contributed by atoms with Crippen molar-refractivity contribution in [3.8, 4) is 17.2 Å². The smallest absolute Gasteiger partial charge is 0.237 e. The molecule has 10 heteroatoms. The first-order valence-electron chi connectivity index (χ1n) is 11.1. The summed E-state index contributed by atoms with van der Waals surface area (Å²) < 4.78 is 26.7. The highest BCUT2D eigenvalue weighted by molar-refractivity contribution is 8.00. The van der Waals surface area contributed by atoms with Crippen molar-refractivity contribution >= 4 is 35.0 Å². The van der Waals surface area contributed by atoms with Gasteiger partial charge >= 0.3 is 0 Å². The van der Waals surface area contributed by atoms with Crippen LogP contribution in [0.3, 0.4) is 0 Å². The fraction of sp³-hybridized carbons (Fsp3) is 0.192. The van der Waals surface area contributed by atoms with Gasteiger partial charge in [0.1, 0.15) is 17.3 Å². The Kier molecular flexibility index (Phi) is 8.12. The van der Waals surface area contributed by atoms with E-state index in [0.29, 0.717) is 28.2 Å². The average Bonchev–Trinajstić information content (AvgIpc) is 3.30. The van der Waals surface area contributed by atoms with Crippen LogP contribution in [0, 0.1) is 5.82 Å². The number of hydrogen-bond acceptors (Lipinski definition) is 6. The van der Waals surface area contributed by atoms with Crippen LogP contribution in [-0.4, -0.2) is 33.0 Å². The molecule has 7 nitrogen and oxygen atoms in total. The quantitative estimate of drug-likeness (QED) is 0.257. The van der Waals surface area contributed by atoms with Crippen LogP contribution in [0.15, 0.2) is 78.0 Å². The largest absolute Gasteiger partial charge is 0.497 e. The number of amides is 1. The zero-order valence-electron chi connectivity index (χ0n) is 19.8. The second-order valence-corrected chi connectivity index (χ2v) is 9.54. The normalized spacial score (nSPS) is 12.6. The molecule has 36 heavy (non-hydrogen) atoms.